The number of ether oxygens (including phenoxy) is 1. The summed E-state index contributed by atoms with van der Waals surface area (Å²) in [6, 6.07) is 7.84. The van der Waals surface area contributed by atoms with Gasteiger partial charge in [0.05, 0.1) is 25.2 Å². The molecule has 2 fully saturated rings. The number of rotatable bonds is 5. The summed E-state index contributed by atoms with van der Waals surface area (Å²) >= 11 is 0. The molecule has 0 bridgehead atoms. The number of amides is 1. The van der Waals surface area contributed by atoms with Gasteiger partial charge in [0.1, 0.15) is 5.75 Å². The highest BCUT2D eigenvalue weighted by molar-refractivity contribution is 7.91. The number of hydrogen-bond donors (Lipinski definition) is 1. The normalized spacial score (nSPS) is 22.8. The number of anilines is 1. The van der Waals surface area contributed by atoms with Crippen LogP contribution in [0, 0.1) is 0 Å². The van der Waals surface area contributed by atoms with E-state index in [-0.39, 0.29) is 30.0 Å². The number of nitrogens with one attached hydrogen (secondary N) is 1. The number of hydrogen-bond acceptors (Lipinski definition) is 6. The quantitative estimate of drug-likeness (QED) is 0.796. The molecule has 1 aromatic rings. The van der Waals surface area contributed by atoms with Crippen LogP contribution in [-0.4, -0.2) is 76.6 Å². The van der Waals surface area contributed by atoms with E-state index in [0.29, 0.717) is 19.5 Å². The Kier molecular flexibility index (Phi) is 5.48. The van der Waals surface area contributed by atoms with Gasteiger partial charge in [0.2, 0.25) is 5.91 Å². The average Bonchev–Trinajstić information content (AvgIpc) is 2.99. The van der Waals surface area contributed by atoms with Gasteiger partial charge in [-0.25, -0.2) is 8.42 Å². The first-order valence-corrected chi connectivity index (χ1v) is 10.4. The number of carbonyl (C=O) groups is 1. The van der Waals surface area contributed by atoms with Crippen molar-refractivity contribution in [1.29, 1.82) is 0 Å². The Hall–Kier alpha value is -1.80. The van der Waals surface area contributed by atoms with Gasteiger partial charge in [-0.15, -0.1) is 0 Å². The van der Waals surface area contributed by atoms with Crippen molar-refractivity contribution in [3.63, 3.8) is 0 Å². The van der Waals surface area contributed by atoms with Crippen molar-refractivity contribution >= 4 is 21.4 Å². The second-order valence-corrected chi connectivity index (χ2v) is 8.78. The largest absolute Gasteiger partial charge is 0.497 e. The predicted molar refractivity (Wildman–Crippen MR) is 96.8 cm³/mol. The van der Waals surface area contributed by atoms with Gasteiger partial charge in [0.25, 0.3) is 0 Å². The molecule has 25 heavy (non-hydrogen) atoms. The molecule has 0 aliphatic carbocycles. The fourth-order valence-electron chi connectivity index (χ4n) is 3.31. The number of methoxy groups -OCH3 is 1. The van der Waals surface area contributed by atoms with Gasteiger partial charge in [-0.1, -0.05) is 0 Å². The standard InChI is InChI=1S/C17H25N3O4S/c1-24-16-4-2-15(3-5-16)19-7-9-20(10-8-19)17(21)12-18-14-6-11-25(22,23)13-14/h2-5,14,18H,6-13H2,1H3. The second-order valence-electron chi connectivity index (χ2n) is 6.55. The summed E-state index contributed by atoms with van der Waals surface area (Å²) in [6.45, 7) is 3.14. The van der Waals surface area contributed by atoms with Crippen molar-refractivity contribution in [3.8, 4) is 5.75 Å². The van der Waals surface area contributed by atoms with Gasteiger partial charge in [-0.2, -0.15) is 0 Å². The topological polar surface area (TPSA) is 79.0 Å². The van der Waals surface area contributed by atoms with Gasteiger partial charge in [0, 0.05) is 37.9 Å². The molecule has 1 atom stereocenters. The minimum atomic E-state index is -2.91. The zero-order valence-corrected chi connectivity index (χ0v) is 15.3. The summed E-state index contributed by atoms with van der Waals surface area (Å²) in [6.07, 6.45) is 0.598. The molecule has 2 aliphatic rings. The maximum atomic E-state index is 12.3. The highest BCUT2D eigenvalue weighted by Crippen LogP contribution is 2.20. The Balaban J connectivity index is 1.44. The van der Waals surface area contributed by atoms with Crippen LogP contribution in [0.5, 0.6) is 5.75 Å². The molecule has 0 radical (unpaired) electrons. The van der Waals surface area contributed by atoms with Crippen molar-refractivity contribution in [2.24, 2.45) is 0 Å². The number of carbonyl (C=O) groups excluding carboxylic acids is 1. The Morgan fingerprint density at radius 2 is 1.88 bits per heavy atom. The molecule has 2 heterocycles. The van der Waals surface area contributed by atoms with E-state index in [1.54, 1.807) is 7.11 Å². The summed E-state index contributed by atoms with van der Waals surface area (Å²) < 4.78 is 28.1. The third-order valence-corrected chi connectivity index (χ3v) is 6.61. The van der Waals surface area contributed by atoms with Crippen molar-refractivity contribution < 1.29 is 17.9 Å². The molecule has 0 spiro atoms. The minimum absolute atomic E-state index is 0.0404. The summed E-state index contributed by atoms with van der Waals surface area (Å²) in [5, 5.41) is 3.09. The fraction of sp³-hybridized carbons (Fsp3) is 0.588. The van der Waals surface area contributed by atoms with Gasteiger partial charge in [-0.3, -0.25) is 4.79 Å². The van der Waals surface area contributed by atoms with E-state index in [4.69, 9.17) is 4.74 Å². The average molecular weight is 367 g/mol. The summed E-state index contributed by atoms with van der Waals surface area (Å²) in [7, 11) is -1.27. The molecule has 1 N–H and O–H groups in total. The van der Waals surface area contributed by atoms with Crippen molar-refractivity contribution in [3.05, 3.63) is 24.3 Å². The molecular weight excluding hydrogens is 342 g/mol. The van der Waals surface area contributed by atoms with Crippen LogP contribution in [0.1, 0.15) is 6.42 Å². The Morgan fingerprint density at radius 3 is 2.44 bits per heavy atom. The minimum Gasteiger partial charge on any atom is -0.497 e. The van der Waals surface area contributed by atoms with Crippen LogP contribution in [0.2, 0.25) is 0 Å². The predicted octanol–water partition coefficient (Wildman–Crippen LogP) is 0.121. The monoisotopic (exact) mass is 367 g/mol. The first-order chi connectivity index (χ1) is 12.0. The number of benzene rings is 1. The second kappa shape index (κ2) is 7.61. The van der Waals surface area contributed by atoms with Gasteiger partial charge >= 0.3 is 0 Å². The smallest absolute Gasteiger partial charge is 0.236 e. The van der Waals surface area contributed by atoms with Gasteiger partial charge in [0.15, 0.2) is 9.84 Å². The number of piperazine rings is 1. The van der Waals surface area contributed by atoms with E-state index in [9.17, 15) is 13.2 Å². The molecule has 3 rings (SSSR count). The summed E-state index contributed by atoms with van der Waals surface area (Å²) in [5.41, 5.74) is 1.13. The van der Waals surface area contributed by atoms with E-state index >= 15 is 0 Å². The molecule has 0 aromatic heterocycles. The van der Waals surface area contributed by atoms with E-state index in [1.807, 2.05) is 29.2 Å². The van der Waals surface area contributed by atoms with Gasteiger partial charge < -0.3 is 19.9 Å². The van der Waals surface area contributed by atoms with Crippen LogP contribution in [-0.2, 0) is 14.6 Å². The molecule has 1 aromatic carbocycles. The molecule has 0 saturated carbocycles. The molecule has 1 unspecified atom stereocenters. The molecular formula is C17H25N3O4S. The maximum Gasteiger partial charge on any atom is 0.236 e. The van der Waals surface area contributed by atoms with Crippen molar-refractivity contribution in [2.45, 2.75) is 12.5 Å². The van der Waals surface area contributed by atoms with E-state index < -0.39 is 9.84 Å². The lowest BCUT2D eigenvalue weighted by Gasteiger charge is -2.36. The molecule has 1 amide bonds. The van der Waals surface area contributed by atoms with Crippen LogP contribution in [0.15, 0.2) is 24.3 Å². The van der Waals surface area contributed by atoms with Crippen LogP contribution >= 0.6 is 0 Å². The van der Waals surface area contributed by atoms with Crippen molar-refractivity contribution in [2.75, 3.05) is 56.2 Å². The first-order valence-electron chi connectivity index (χ1n) is 8.57. The lowest BCUT2D eigenvalue weighted by atomic mass is 10.2. The Bertz CT molecular complexity index is 697. The fourth-order valence-corrected chi connectivity index (χ4v) is 5.01. The Labute approximate surface area is 148 Å². The molecule has 8 heteroatoms. The van der Waals surface area contributed by atoms with E-state index in [2.05, 4.69) is 10.2 Å². The zero-order valence-electron chi connectivity index (χ0n) is 14.5. The highest BCUT2D eigenvalue weighted by Gasteiger charge is 2.28. The molecule has 2 aliphatic heterocycles. The zero-order chi connectivity index (χ0) is 17.9. The van der Waals surface area contributed by atoms with Crippen LogP contribution in [0.25, 0.3) is 0 Å². The lowest BCUT2D eigenvalue weighted by molar-refractivity contribution is -0.130. The SMILES string of the molecule is COc1ccc(N2CCN(C(=O)CNC3CCS(=O)(=O)C3)CC2)cc1. The summed E-state index contributed by atoms with van der Waals surface area (Å²) in [4.78, 5) is 16.4. The third-order valence-electron chi connectivity index (χ3n) is 4.84. The maximum absolute atomic E-state index is 12.3. The lowest BCUT2D eigenvalue weighted by Crippen LogP contribution is -2.51. The summed E-state index contributed by atoms with van der Waals surface area (Å²) in [5.74, 6) is 1.24. The van der Waals surface area contributed by atoms with Crippen LogP contribution in [0.4, 0.5) is 5.69 Å². The van der Waals surface area contributed by atoms with Crippen molar-refractivity contribution in [1.82, 2.24) is 10.2 Å². The molecule has 138 valence electrons. The van der Waals surface area contributed by atoms with E-state index in [0.717, 1.165) is 24.5 Å². The molecule has 2 saturated heterocycles. The third kappa shape index (κ3) is 4.64. The van der Waals surface area contributed by atoms with Crippen LogP contribution in [0.3, 0.4) is 0 Å². The Morgan fingerprint density at radius 1 is 1.20 bits per heavy atom. The van der Waals surface area contributed by atoms with E-state index in [1.165, 1.54) is 0 Å². The first kappa shape index (κ1) is 18.0. The van der Waals surface area contributed by atoms with Crippen LogP contribution < -0.4 is 15.0 Å². The number of sulfone groups is 1. The number of nitrogens with zero attached hydrogens (tertiary/aromatic N) is 2. The highest BCUT2D eigenvalue weighted by atomic mass is 32.2. The van der Waals surface area contributed by atoms with Gasteiger partial charge in [-0.05, 0) is 30.7 Å². The molecule has 7 nitrogen and oxygen atoms in total.